The van der Waals surface area contributed by atoms with Crippen molar-refractivity contribution in [3.63, 3.8) is 0 Å². The third-order valence-electron chi connectivity index (χ3n) is 10.3. The molecule has 0 nitrogen and oxygen atoms in total. The van der Waals surface area contributed by atoms with Crippen LogP contribution < -0.4 is 0 Å². The van der Waals surface area contributed by atoms with Crippen LogP contribution in [0.4, 0.5) is 13.2 Å². The van der Waals surface area contributed by atoms with E-state index in [0.29, 0.717) is 10.8 Å². The molecule has 1 aromatic heterocycles. The summed E-state index contributed by atoms with van der Waals surface area (Å²) in [4.78, 5) is 0. The molecule has 0 fully saturated rings. The maximum atomic E-state index is 14.8. The predicted octanol–water partition coefficient (Wildman–Crippen LogP) is 13.7. The molecule has 10 aromatic rings. The molecule has 242 valence electrons. The molecule has 0 N–H and O–H groups in total. The first-order valence-corrected chi connectivity index (χ1v) is 18.6. The number of rotatable bonds is 3. The first-order valence-electron chi connectivity index (χ1n) is 16.9. The topological polar surface area (TPSA) is 0 Å². The minimum absolute atomic E-state index is 0.0326. The number of fused-ring (bicyclic) bond motifs is 7. The Kier molecular flexibility index (Phi) is 6.76. The van der Waals surface area contributed by atoms with E-state index in [2.05, 4.69) is 115 Å². The Balaban J connectivity index is 1.32. The summed E-state index contributed by atoms with van der Waals surface area (Å²) in [6, 6.07) is 55.0. The van der Waals surface area contributed by atoms with Gasteiger partial charge < -0.3 is 0 Å². The molecular weight excluding hydrogens is 700 g/mol. The molecule has 9 aromatic carbocycles. The quantitative estimate of drug-likeness (QED) is 0.126. The van der Waals surface area contributed by atoms with Gasteiger partial charge in [-0.3, -0.25) is 0 Å². The monoisotopic (exact) mass is 728 g/mol. The van der Waals surface area contributed by atoms with Crippen molar-refractivity contribution in [1.29, 1.82) is 0 Å². The summed E-state index contributed by atoms with van der Waals surface area (Å²) in [6.07, 6.45) is -4.50. The maximum absolute atomic E-state index is 14.8. The van der Waals surface area contributed by atoms with Crippen LogP contribution in [0.2, 0.25) is 0 Å². The summed E-state index contributed by atoms with van der Waals surface area (Å²) >= 11 is -0.0326. The van der Waals surface area contributed by atoms with Crippen molar-refractivity contribution in [3.05, 3.63) is 169 Å². The zero-order chi connectivity index (χ0) is 34.3. The second kappa shape index (κ2) is 11.4. The summed E-state index contributed by atoms with van der Waals surface area (Å²) in [6.45, 7) is 0. The fraction of sp³-hybridized carbons (Fsp3) is 0.0213. The van der Waals surface area contributed by atoms with Crippen LogP contribution in [0, 0.1) is 0 Å². The molecule has 10 rings (SSSR count). The van der Waals surface area contributed by atoms with Gasteiger partial charge >= 0.3 is 299 Å². The Morgan fingerprint density at radius 3 is 1.31 bits per heavy atom. The van der Waals surface area contributed by atoms with Crippen molar-refractivity contribution in [1.82, 2.24) is 0 Å². The van der Waals surface area contributed by atoms with Gasteiger partial charge in [0, 0.05) is 0 Å². The van der Waals surface area contributed by atoms with Gasteiger partial charge in [0.05, 0.1) is 0 Å². The molecular formula is C47H27F3Se. The van der Waals surface area contributed by atoms with Crippen LogP contribution >= 0.6 is 0 Å². The average Bonchev–Trinajstić information content (AvgIpc) is 3.55. The van der Waals surface area contributed by atoms with E-state index in [1.165, 1.54) is 52.3 Å². The molecule has 51 heavy (non-hydrogen) atoms. The van der Waals surface area contributed by atoms with Crippen molar-refractivity contribution in [2.75, 3.05) is 0 Å². The minimum atomic E-state index is -4.50. The van der Waals surface area contributed by atoms with Gasteiger partial charge in [-0.1, -0.05) is 0 Å². The molecule has 0 saturated heterocycles. The van der Waals surface area contributed by atoms with Gasteiger partial charge in [0.15, 0.2) is 0 Å². The van der Waals surface area contributed by atoms with Crippen molar-refractivity contribution in [3.8, 4) is 33.4 Å². The van der Waals surface area contributed by atoms with E-state index < -0.39 is 11.7 Å². The molecule has 0 amide bonds. The number of hydrogen-bond acceptors (Lipinski definition) is 0. The van der Waals surface area contributed by atoms with Gasteiger partial charge in [-0.05, 0) is 0 Å². The van der Waals surface area contributed by atoms with Crippen molar-refractivity contribution >= 4 is 76.9 Å². The predicted molar refractivity (Wildman–Crippen MR) is 210 cm³/mol. The molecule has 0 bridgehead atoms. The van der Waals surface area contributed by atoms with E-state index in [-0.39, 0.29) is 25.3 Å². The van der Waals surface area contributed by atoms with Crippen molar-refractivity contribution < 1.29 is 13.2 Å². The van der Waals surface area contributed by atoms with E-state index in [1.807, 2.05) is 24.3 Å². The van der Waals surface area contributed by atoms with E-state index in [9.17, 15) is 13.2 Å². The van der Waals surface area contributed by atoms with E-state index in [1.54, 1.807) is 24.3 Å². The third kappa shape index (κ3) is 4.54. The molecule has 0 aliphatic heterocycles. The van der Waals surface area contributed by atoms with E-state index >= 15 is 0 Å². The molecule has 0 atom stereocenters. The van der Waals surface area contributed by atoms with Crippen LogP contribution in [0.25, 0.3) is 95.8 Å². The summed E-state index contributed by atoms with van der Waals surface area (Å²) in [7, 11) is 0. The van der Waals surface area contributed by atoms with E-state index in [4.69, 9.17) is 0 Å². The standard InChI is InChI=1S/C47H27F3Se/c48-47(49,50)45-35-22-10-8-20-33(35)42(34-21-9-11-23-36(34)45)37-24-13-27-40-44(37)39-26-12-25-38(46(39)51-40)43-31-18-6-4-16-29(31)41(28-14-2-1-3-15-28)30-17-5-7-19-32(30)43/h1-27H. The molecule has 0 unspecified atom stereocenters. The number of halogens is 3. The second-order valence-corrected chi connectivity index (χ2v) is 15.2. The molecule has 0 aliphatic carbocycles. The summed E-state index contributed by atoms with van der Waals surface area (Å²) in [5, 5.41) is 8.79. The Morgan fingerprint density at radius 1 is 0.353 bits per heavy atom. The number of hydrogen-bond donors (Lipinski definition) is 0. The zero-order valence-corrected chi connectivity index (χ0v) is 28.8. The molecule has 0 saturated carbocycles. The van der Waals surface area contributed by atoms with Gasteiger partial charge in [-0.2, -0.15) is 0 Å². The molecule has 0 spiro atoms. The third-order valence-corrected chi connectivity index (χ3v) is 12.8. The van der Waals surface area contributed by atoms with Gasteiger partial charge in [-0.25, -0.2) is 0 Å². The fourth-order valence-corrected chi connectivity index (χ4v) is 10.9. The Labute approximate surface area is 297 Å². The van der Waals surface area contributed by atoms with Gasteiger partial charge in [0.25, 0.3) is 0 Å². The van der Waals surface area contributed by atoms with E-state index in [0.717, 1.165) is 21.9 Å². The number of alkyl halides is 3. The molecule has 0 aliphatic rings. The summed E-state index contributed by atoms with van der Waals surface area (Å²) in [5.41, 5.74) is 6.10. The SMILES string of the molecule is FC(F)(F)c1c2ccccc2c(-c2cccc3[se]c4c(-c5c6ccccc6c(-c6ccccc6)c6ccccc56)cccc4c23)c2ccccc12. The summed E-state index contributed by atoms with van der Waals surface area (Å²) < 4.78 is 46.8. The fourth-order valence-electron chi connectivity index (χ4n) is 8.31. The van der Waals surface area contributed by atoms with Crippen molar-refractivity contribution in [2.45, 2.75) is 6.18 Å². The van der Waals surface area contributed by atoms with Gasteiger partial charge in [0.2, 0.25) is 0 Å². The van der Waals surface area contributed by atoms with Crippen LogP contribution in [0.5, 0.6) is 0 Å². The number of benzene rings is 9. The molecule has 4 heteroatoms. The van der Waals surface area contributed by atoms with Crippen LogP contribution in [0.1, 0.15) is 5.56 Å². The Hall–Kier alpha value is -5.67. The van der Waals surface area contributed by atoms with Gasteiger partial charge in [-0.15, -0.1) is 0 Å². The van der Waals surface area contributed by atoms with Gasteiger partial charge in [0.1, 0.15) is 0 Å². The van der Waals surface area contributed by atoms with Crippen molar-refractivity contribution in [2.24, 2.45) is 0 Å². The Bertz CT molecular complexity index is 2890. The van der Waals surface area contributed by atoms with Crippen LogP contribution in [-0.2, 0) is 6.18 Å². The Morgan fingerprint density at radius 2 is 0.765 bits per heavy atom. The molecule has 0 radical (unpaired) electrons. The van der Waals surface area contributed by atoms with Crippen LogP contribution in [0.3, 0.4) is 0 Å². The van der Waals surface area contributed by atoms with Crippen LogP contribution in [-0.4, -0.2) is 14.5 Å². The molecule has 1 heterocycles. The zero-order valence-electron chi connectivity index (χ0n) is 27.1. The first kappa shape index (κ1) is 30.2. The first-order chi connectivity index (χ1) is 25.0. The second-order valence-electron chi connectivity index (χ2n) is 13.0. The average molecular weight is 728 g/mol. The normalized spacial score (nSPS) is 12.2. The summed E-state index contributed by atoms with van der Waals surface area (Å²) in [5.74, 6) is 0. The van der Waals surface area contributed by atoms with Crippen LogP contribution in [0.15, 0.2) is 164 Å².